The number of aromatic nitrogens is 3. The fourth-order valence-corrected chi connectivity index (χ4v) is 6.18. The molecular formula is C24H27N5O. The van der Waals surface area contributed by atoms with E-state index in [4.69, 9.17) is 0 Å². The number of carbonyl (C=O) groups excluding carboxylic acids is 1. The summed E-state index contributed by atoms with van der Waals surface area (Å²) in [5.74, 6) is 2.38. The molecule has 6 heteroatoms. The van der Waals surface area contributed by atoms with Crippen LogP contribution in [0, 0.1) is 11.8 Å². The maximum atomic E-state index is 13.0. The SMILES string of the molecule is O=C1CCC[C@H]2[C@@H]3C[C@@H](CN(c4ncnc5[nH]ccc45)C3)[C@H](Cc3ccccc3)N12. The van der Waals surface area contributed by atoms with Crippen LogP contribution in [0.15, 0.2) is 48.9 Å². The van der Waals surface area contributed by atoms with Crippen molar-refractivity contribution in [2.45, 2.75) is 44.2 Å². The molecule has 6 nitrogen and oxygen atoms in total. The third kappa shape index (κ3) is 2.89. The highest BCUT2D eigenvalue weighted by molar-refractivity contribution is 5.87. The monoisotopic (exact) mass is 401 g/mol. The molecule has 0 radical (unpaired) electrons. The smallest absolute Gasteiger partial charge is 0.223 e. The Morgan fingerprint density at radius 3 is 2.83 bits per heavy atom. The summed E-state index contributed by atoms with van der Waals surface area (Å²) in [5.41, 5.74) is 2.22. The van der Waals surface area contributed by atoms with E-state index in [1.807, 2.05) is 6.20 Å². The van der Waals surface area contributed by atoms with Gasteiger partial charge in [-0.2, -0.15) is 0 Å². The van der Waals surface area contributed by atoms with Gasteiger partial charge >= 0.3 is 0 Å². The van der Waals surface area contributed by atoms with Crippen LogP contribution in [-0.2, 0) is 11.2 Å². The predicted octanol–water partition coefficient (Wildman–Crippen LogP) is 3.41. The number of piperidine rings is 3. The summed E-state index contributed by atoms with van der Waals surface area (Å²) in [6.07, 6.45) is 8.62. The number of rotatable bonds is 3. The molecule has 1 aromatic carbocycles. The highest BCUT2D eigenvalue weighted by Gasteiger charge is 2.49. The van der Waals surface area contributed by atoms with E-state index >= 15 is 0 Å². The number of nitrogens with zero attached hydrogens (tertiary/aromatic N) is 4. The Hall–Kier alpha value is -2.89. The summed E-state index contributed by atoms with van der Waals surface area (Å²) < 4.78 is 0. The van der Waals surface area contributed by atoms with Crippen molar-refractivity contribution in [2.24, 2.45) is 11.8 Å². The highest BCUT2D eigenvalue weighted by Crippen LogP contribution is 2.43. The molecule has 3 aromatic rings. The van der Waals surface area contributed by atoms with Crippen LogP contribution in [0.4, 0.5) is 5.82 Å². The van der Waals surface area contributed by atoms with Crippen molar-refractivity contribution in [3.63, 3.8) is 0 Å². The molecule has 30 heavy (non-hydrogen) atoms. The zero-order valence-electron chi connectivity index (χ0n) is 17.1. The number of H-pyrrole nitrogens is 1. The number of carbonyl (C=O) groups is 1. The first-order valence-electron chi connectivity index (χ1n) is 11.2. The van der Waals surface area contributed by atoms with Gasteiger partial charge in [-0.15, -0.1) is 0 Å². The van der Waals surface area contributed by atoms with Crippen LogP contribution in [0.5, 0.6) is 0 Å². The molecule has 2 aromatic heterocycles. The van der Waals surface area contributed by atoms with Crippen molar-refractivity contribution >= 4 is 22.8 Å². The number of benzene rings is 1. The maximum absolute atomic E-state index is 13.0. The lowest BCUT2D eigenvalue weighted by Crippen LogP contribution is -2.65. The third-order valence-corrected chi connectivity index (χ3v) is 7.42. The van der Waals surface area contributed by atoms with Crippen LogP contribution < -0.4 is 4.90 Å². The van der Waals surface area contributed by atoms with E-state index in [0.29, 0.717) is 30.2 Å². The number of amides is 1. The van der Waals surface area contributed by atoms with Crippen LogP contribution in [0.3, 0.4) is 0 Å². The van der Waals surface area contributed by atoms with Crippen molar-refractivity contribution in [1.29, 1.82) is 0 Å². The summed E-state index contributed by atoms with van der Waals surface area (Å²) in [6.45, 7) is 1.92. The molecule has 4 atom stereocenters. The van der Waals surface area contributed by atoms with Crippen molar-refractivity contribution in [3.8, 4) is 0 Å². The van der Waals surface area contributed by atoms with Crippen molar-refractivity contribution in [2.75, 3.05) is 18.0 Å². The summed E-state index contributed by atoms with van der Waals surface area (Å²) in [4.78, 5) is 30.1. The molecular weight excluding hydrogens is 374 g/mol. The van der Waals surface area contributed by atoms with E-state index in [0.717, 1.165) is 49.2 Å². The highest BCUT2D eigenvalue weighted by atomic mass is 16.2. The van der Waals surface area contributed by atoms with E-state index < -0.39 is 0 Å². The fraction of sp³-hybridized carbons (Fsp3) is 0.458. The van der Waals surface area contributed by atoms with Crippen LogP contribution in [0.2, 0.25) is 0 Å². The van der Waals surface area contributed by atoms with E-state index in [1.165, 1.54) is 12.0 Å². The third-order valence-electron chi connectivity index (χ3n) is 7.42. The molecule has 3 aliphatic heterocycles. The standard InChI is InChI=1S/C24H27N5O/c30-22-8-4-7-20-17-12-18(21(29(20)22)11-16-5-2-1-3-6-16)14-28(13-17)24-19-9-10-25-23(19)26-15-27-24/h1-3,5-6,9-10,15,17-18,20-21H,4,7-8,11-14H2,(H,25,26,27)/t17-,18+,20+,21+/m1/s1. The van der Waals surface area contributed by atoms with E-state index in [2.05, 4.69) is 61.1 Å². The van der Waals surface area contributed by atoms with Crippen molar-refractivity contribution in [3.05, 3.63) is 54.5 Å². The summed E-state index contributed by atoms with van der Waals surface area (Å²) in [6, 6.07) is 13.4. The zero-order chi connectivity index (χ0) is 20.1. The Bertz CT molecular complexity index is 1060. The van der Waals surface area contributed by atoms with Gasteiger partial charge in [-0.05, 0) is 49.1 Å². The van der Waals surface area contributed by atoms with E-state index in [9.17, 15) is 4.79 Å². The van der Waals surface area contributed by atoms with Crippen LogP contribution in [0.1, 0.15) is 31.2 Å². The number of hydrogen-bond acceptors (Lipinski definition) is 4. The first-order valence-corrected chi connectivity index (χ1v) is 11.2. The number of aromatic amines is 1. The lowest BCUT2D eigenvalue weighted by atomic mass is 9.70. The second kappa shape index (κ2) is 7.11. The van der Waals surface area contributed by atoms with Crippen LogP contribution >= 0.6 is 0 Å². The minimum Gasteiger partial charge on any atom is -0.355 e. The lowest BCUT2D eigenvalue weighted by Gasteiger charge is -2.57. The molecule has 0 unspecified atom stereocenters. The van der Waals surface area contributed by atoms with Gasteiger partial charge in [0.25, 0.3) is 0 Å². The van der Waals surface area contributed by atoms with Gasteiger partial charge in [0.15, 0.2) is 0 Å². The van der Waals surface area contributed by atoms with Gasteiger partial charge in [-0.3, -0.25) is 4.79 Å². The minimum absolute atomic E-state index is 0.271. The lowest BCUT2D eigenvalue weighted by molar-refractivity contribution is -0.148. The number of hydrogen-bond donors (Lipinski definition) is 1. The normalized spacial score (nSPS) is 28.6. The van der Waals surface area contributed by atoms with E-state index in [1.54, 1.807) is 6.33 Å². The molecule has 2 bridgehead atoms. The number of nitrogens with one attached hydrogen (secondary N) is 1. The van der Waals surface area contributed by atoms with Gasteiger partial charge in [-0.25, -0.2) is 9.97 Å². The molecule has 1 N–H and O–H groups in total. The summed E-state index contributed by atoms with van der Waals surface area (Å²) in [5, 5.41) is 1.09. The molecule has 6 rings (SSSR count). The topological polar surface area (TPSA) is 65.1 Å². The Kier molecular flexibility index (Phi) is 4.25. The average molecular weight is 402 g/mol. The van der Waals surface area contributed by atoms with Gasteiger partial charge < -0.3 is 14.8 Å². The van der Waals surface area contributed by atoms with Gasteiger partial charge in [0.2, 0.25) is 5.91 Å². The first-order chi connectivity index (χ1) is 14.8. The largest absolute Gasteiger partial charge is 0.355 e. The Morgan fingerprint density at radius 2 is 1.93 bits per heavy atom. The average Bonchev–Trinajstić information content (AvgIpc) is 3.26. The maximum Gasteiger partial charge on any atom is 0.223 e. The molecule has 3 fully saturated rings. The van der Waals surface area contributed by atoms with Crippen molar-refractivity contribution in [1.82, 2.24) is 19.9 Å². The molecule has 3 saturated heterocycles. The quantitative estimate of drug-likeness (QED) is 0.731. The molecule has 0 aliphatic carbocycles. The van der Waals surface area contributed by atoms with Crippen LogP contribution in [0.25, 0.3) is 11.0 Å². The predicted molar refractivity (Wildman–Crippen MR) is 116 cm³/mol. The number of anilines is 1. The second-order valence-electron chi connectivity index (χ2n) is 9.12. The number of fused-ring (bicyclic) bond motifs is 5. The summed E-state index contributed by atoms with van der Waals surface area (Å²) >= 11 is 0. The van der Waals surface area contributed by atoms with Gasteiger partial charge in [0.1, 0.15) is 17.8 Å². The summed E-state index contributed by atoms with van der Waals surface area (Å²) in [7, 11) is 0. The van der Waals surface area contributed by atoms with Gasteiger partial charge in [-0.1, -0.05) is 30.3 Å². The second-order valence-corrected chi connectivity index (χ2v) is 9.12. The minimum atomic E-state index is 0.271. The molecule has 5 heterocycles. The molecule has 0 saturated carbocycles. The first kappa shape index (κ1) is 17.9. The fourth-order valence-electron chi connectivity index (χ4n) is 6.18. The Labute approximate surface area is 176 Å². The Balaban J connectivity index is 1.37. The van der Waals surface area contributed by atoms with Crippen LogP contribution in [-0.4, -0.2) is 50.9 Å². The molecule has 1 amide bonds. The van der Waals surface area contributed by atoms with E-state index in [-0.39, 0.29) is 6.04 Å². The van der Waals surface area contributed by atoms with Gasteiger partial charge in [0.05, 0.1) is 5.39 Å². The van der Waals surface area contributed by atoms with Crippen molar-refractivity contribution < 1.29 is 4.79 Å². The Morgan fingerprint density at radius 1 is 1.07 bits per heavy atom. The molecule has 3 aliphatic rings. The zero-order valence-corrected chi connectivity index (χ0v) is 17.1. The van der Waals surface area contributed by atoms with Gasteiger partial charge in [0, 0.05) is 37.8 Å². The molecule has 154 valence electrons. The molecule has 0 spiro atoms.